The molecule has 1 amide bonds. The van der Waals surface area contributed by atoms with Crippen LogP contribution in [0.4, 0.5) is 0 Å². The number of aliphatic hydroxyl groups is 1. The van der Waals surface area contributed by atoms with E-state index in [9.17, 15) is 14.7 Å². The molecule has 150 valence electrons. The average molecular weight is 401 g/mol. The van der Waals surface area contributed by atoms with Gasteiger partial charge in [0.15, 0.2) is 0 Å². The number of rotatable bonds is 5. The highest BCUT2D eigenvalue weighted by molar-refractivity contribution is 6.46. The van der Waals surface area contributed by atoms with Crippen LogP contribution in [0.1, 0.15) is 22.7 Å². The molecule has 4 rings (SSSR count). The van der Waals surface area contributed by atoms with E-state index in [0.29, 0.717) is 16.9 Å². The van der Waals surface area contributed by atoms with E-state index in [2.05, 4.69) is 9.97 Å². The predicted octanol–water partition coefficient (Wildman–Crippen LogP) is 3.11. The Hall–Kier alpha value is -4.00. The number of ketones is 1. The molecule has 0 bridgehead atoms. The van der Waals surface area contributed by atoms with Gasteiger partial charge >= 0.3 is 0 Å². The molecule has 1 aromatic carbocycles. The molecule has 1 fully saturated rings. The third-order valence-electron chi connectivity index (χ3n) is 5.00. The summed E-state index contributed by atoms with van der Waals surface area (Å²) in [6, 6.07) is 13.0. The largest absolute Gasteiger partial charge is 0.507 e. The molecule has 7 nitrogen and oxygen atoms in total. The number of likely N-dealkylation sites (tertiary alicyclic amines) is 1. The Morgan fingerprint density at radius 3 is 2.40 bits per heavy atom. The van der Waals surface area contributed by atoms with Crippen LogP contribution in [0.2, 0.25) is 0 Å². The molecule has 30 heavy (non-hydrogen) atoms. The highest BCUT2D eigenvalue weighted by Gasteiger charge is 2.46. The maximum Gasteiger partial charge on any atom is 0.295 e. The number of carbonyl (C=O) groups excluding carboxylic acids is 2. The van der Waals surface area contributed by atoms with Gasteiger partial charge in [-0.1, -0.05) is 6.07 Å². The number of methoxy groups -OCH3 is 1. The summed E-state index contributed by atoms with van der Waals surface area (Å²) in [4.78, 5) is 35.4. The van der Waals surface area contributed by atoms with Crippen molar-refractivity contribution in [3.8, 4) is 5.75 Å². The molecule has 2 aromatic heterocycles. The van der Waals surface area contributed by atoms with Crippen molar-refractivity contribution < 1.29 is 19.4 Å². The van der Waals surface area contributed by atoms with E-state index in [-0.39, 0.29) is 17.9 Å². The number of hydrogen-bond acceptors (Lipinski definition) is 6. The smallest absolute Gasteiger partial charge is 0.295 e. The van der Waals surface area contributed by atoms with Gasteiger partial charge in [0.05, 0.1) is 18.7 Å². The van der Waals surface area contributed by atoms with Gasteiger partial charge in [0.1, 0.15) is 11.5 Å². The first-order valence-corrected chi connectivity index (χ1v) is 9.32. The number of ether oxygens (including phenoxy) is 1. The third-order valence-corrected chi connectivity index (χ3v) is 5.00. The van der Waals surface area contributed by atoms with Crippen LogP contribution in [-0.2, 0) is 16.1 Å². The van der Waals surface area contributed by atoms with Crippen LogP contribution in [0, 0.1) is 0 Å². The van der Waals surface area contributed by atoms with Crippen molar-refractivity contribution in [1.29, 1.82) is 0 Å². The number of aromatic nitrogens is 2. The lowest BCUT2D eigenvalue weighted by Crippen LogP contribution is -2.29. The monoisotopic (exact) mass is 401 g/mol. The second-order valence-electron chi connectivity index (χ2n) is 6.80. The minimum atomic E-state index is -0.740. The van der Waals surface area contributed by atoms with Gasteiger partial charge in [0, 0.05) is 36.9 Å². The summed E-state index contributed by atoms with van der Waals surface area (Å²) in [6.07, 6.45) is 6.47. The maximum atomic E-state index is 13.0. The van der Waals surface area contributed by atoms with Crippen molar-refractivity contribution >= 4 is 17.4 Å². The van der Waals surface area contributed by atoms with Crippen LogP contribution in [0.25, 0.3) is 5.76 Å². The quantitative estimate of drug-likeness (QED) is 0.401. The Labute approximate surface area is 173 Å². The standard InChI is InChI=1S/C23H19N3O4/c1-30-18-6-4-17(5-7-18)21(27)19-20(16-8-11-24-12-9-16)26(23(29)22(19)28)14-15-3-2-10-25-13-15/h2-13,20,27H,14H2,1H3/b21-19+. The molecule has 1 saturated heterocycles. The normalized spacial score (nSPS) is 17.9. The number of Topliss-reactive ketones (excluding diaryl/α,β-unsaturated/α-hetero) is 1. The number of carbonyl (C=O) groups is 2. The molecule has 0 radical (unpaired) electrons. The number of amides is 1. The van der Waals surface area contributed by atoms with E-state index in [1.54, 1.807) is 74.4 Å². The number of pyridine rings is 2. The Bertz CT molecular complexity index is 1100. The van der Waals surface area contributed by atoms with Crippen LogP contribution in [0.5, 0.6) is 5.75 Å². The van der Waals surface area contributed by atoms with E-state index in [1.807, 2.05) is 6.07 Å². The Morgan fingerprint density at radius 1 is 1.03 bits per heavy atom. The summed E-state index contributed by atoms with van der Waals surface area (Å²) in [7, 11) is 1.54. The molecule has 1 atom stereocenters. The molecule has 1 unspecified atom stereocenters. The van der Waals surface area contributed by atoms with E-state index in [1.165, 1.54) is 4.90 Å². The van der Waals surface area contributed by atoms with Gasteiger partial charge in [-0.3, -0.25) is 19.6 Å². The molecule has 0 spiro atoms. The first-order chi connectivity index (χ1) is 14.6. The molecule has 1 aliphatic heterocycles. The lowest BCUT2D eigenvalue weighted by atomic mass is 9.96. The summed E-state index contributed by atoms with van der Waals surface area (Å²) in [5, 5.41) is 11.0. The van der Waals surface area contributed by atoms with E-state index < -0.39 is 17.7 Å². The summed E-state index contributed by atoms with van der Waals surface area (Å²) >= 11 is 0. The molecular formula is C23H19N3O4. The molecule has 3 heterocycles. The van der Waals surface area contributed by atoms with Crippen LogP contribution >= 0.6 is 0 Å². The molecule has 7 heteroatoms. The number of hydrogen-bond donors (Lipinski definition) is 1. The fourth-order valence-electron chi connectivity index (χ4n) is 3.53. The van der Waals surface area contributed by atoms with Gasteiger partial charge in [0.25, 0.3) is 11.7 Å². The van der Waals surface area contributed by atoms with Crippen molar-refractivity contribution in [2.45, 2.75) is 12.6 Å². The van der Waals surface area contributed by atoms with Gasteiger partial charge in [-0.2, -0.15) is 0 Å². The van der Waals surface area contributed by atoms with Crippen molar-refractivity contribution in [1.82, 2.24) is 14.9 Å². The maximum absolute atomic E-state index is 13.0. The Kier molecular flexibility index (Phi) is 5.26. The van der Waals surface area contributed by atoms with E-state index >= 15 is 0 Å². The lowest BCUT2D eigenvalue weighted by molar-refractivity contribution is -0.140. The zero-order chi connectivity index (χ0) is 21.1. The second-order valence-corrected chi connectivity index (χ2v) is 6.80. The molecule has 3 aromatic rings. The predicted molar refractivity (Wildman–Crippen MR) is 109 cm³/mol. The molecular weight excluding hydrogens is 382 g/mol. The Morgan fingerprint density at radius 2 is 1.77 bits per heavy atom. The fourth-order valence-corrected chi connectivity index (χ4v) is 3.53. The zero-order valence-electron chi connectivity index (χ0n) is 16.2. The van der Waals surface area contributed by atoms with Crippen molar-refractivity contribution in [3.63, 3.8) is 0 Å². The third kappa shape index (κ3) is 3.53. The number of nitrogens with zero attached hydrogens (tertiary/aromatic N) is 3. The van der Waals surface area contributed by atoms with Gasteiger partial charge in [-0.25, -0.2) is 0 Å². The van der Waals surface area contributed by atoms with Crippen molar-refractivity contribution in [3.05, 3.63) is 95.6 Å². The SMILES string of the molecule is COc1ccc(/C(O)=C2\C(=O)C(=O)N(Cc3cccnc3)C2c2ccncc2)cc1. The highest BCUT2D eigenvalue weighted by Crippen LogP contribution is 2.40. The fraction of sp³-hybridized carbons (Fsp3) is 0.130. The summed E-state index contributed by atoms with van der Waals surface area (Å²) in [5.41, 5.74) is 1.93. The van der Waals surface area contributed by atoms with Gasteiger partial charge < -0.3 is 14.7 Å². The lowest BCUT2D eigenvalue weighted by Gasteiger charge is -2.25. The van der Waals surface area contributed by atoms with Crippen LogP contribution in [0.3, 0.4) is 0 Å². The minimum Gasteiger partial charge on any atom is -0.507 e. The molecule has 0 aliphatic carbocycles. The number of benzene rings is 1. The van der Waals surface area contributed by atoms with E-state index in [0.717, 1.165) is 5.56 Å². The second kappa shape index (κ2) is 8.16. The highest BCUT2D eigenvalue weighted by atomic mass is 16.5. The Balaban J connectivity index is 1.83. The average Bonchev–Trinajstić information content (AvgIpc) is 3.05. The minimum absolute atomic E-state index is 0.0419. The zero-order valence-corrected chi connectivity index (χ0v) is 16.2. The summed E-state index contributed by atoms with van der Waals surface area (Å²) < 4.78 is 5.15. The van der Waals surface area contributed by atoms with Gasteiger partial charge in [0.2, 0.25) is 0 Å². The van der Waals surface area contributed by atoms with Crippen LogP contribution in [0.15, 0.2) is 78.9 Å². The van der Waals surface area contributed by atoms with Gasteiger partial charge in [-0.15, -0.1) is 0 Å². The first-order valence-electron chi connectivity index (χ1n) is 9.32. The number of aliphatic hydroxyl groups excluding tert-OH is 1. The molecule has 1 N–H and O–H groups in total. The first kappa shape index (κ1) is 19.3. The van der Waals surface area contributed by atoms with Crippen molar-refractivity contribution in [2.24, 2.45) is 0 Å². The summed E-state index contributed by atoms with van der Waals surface area (Å²) in [5.74, 6) is -1.01. The molecule has 0 saturated carbocycles. The summed E-state index contributed by atoms with van der Waals surface area (Å²) in [6.45, 7) is 0.185. The topological polar surface area (TPSA) is 92.6 Å². The van der Waals surface area contributed by atoms with Crippen LogP contribution < -0.4 is 4.74 Å². The van der Waals surface area contributed by atoms with Gasteiger partial charge in [-0.05, 0) is 53.6 Å². The van der Waals surface area contributed by atoms with Crippen molar-refractivity contribution in [2.75, 3.05) is 7.11 Å². The van der Waals surface area contributed by atoms with E-state index in [4.69, 9.17) is 4.74 Å². The van der Waals surface area contributed by atoms with Crippen LogP contribution in [-0.4, -0.2) is 38.8 Å². The molecule has 1 aliphatic rings.